The van der Waals surface area contributed by atoms with Gasteiger partial charge < -0.3 is 9.42 Å². The summed E-state index contributed by atoms with van der Waals surface area (Å²) < 4.78 is 5.59. The van der Waals surface area contributed by atoms with E-state index < -0.39 is 0 Å². The third-order valence-electron chi connectivity index (χ3n) is 5.86. The molecular formula is C23H23N7O2. The number of aromatic nitrogens is 6. The fourth-order valence-corrected chi connectivity index (χ4v) is 3.98. The third-order valence-corrected chi connectivity index (χ3v) is 5.86. The average molecular weight is 429 g/mol. The Kier molecular flexibility index (Phi) is 5.01. The first-order valence-corrected chi connectivity index (χ1v) is 10.6. The Hall–Kier alpha value is -3.88. The zero-order chi connectivity index (χ0) is 22.2. The van der Waals surface area contributed by atoms with Gasteiger partial charge in [-0.3, -0.25) is 9.78 Å². The van der Waals surface area contributed by atoms with Crippen molar-refractivity contribution < 1.29 is 9.32 Å². The van der Waals surface area contributed by atoms with Gasteiger partial charge in [0.05, 0.1) is 23.6 Å². The van der Waals surface area contributed by atoms with E-state index in [0.29, 0.717) is 35.2 Å². The second kappa shape index (κ2) is 7.99. The maximum absolute atomic E-state index is 13.6. The van der Waals surface area contributed by atoms with E-state index in [1.807, 2.05) is 45.0 Å². The number of amides is 1. The smallest absolute Gasteiger partial charge is 0.256 e. The maximum atomic E-state index is 13.6. The van der Waals surface area contributed by atoms with Gasteiger partial charge in [-0.1, -0.05) is 16.8 Å². The van der Waals surface area contributed by atoms with Gasteiger partial charge in [-0.2, -0.15) is 20.0 Å². The first-order valence-electron chi connectivity index (χ1n) is 10.6. The van der Waals surface area contributed by atoms with Crippen LogP contribution in [0, 0.1) is 20.8 Å². The lowest BCUT2D eigenvalue weighted by molar-refractivity contribution is 0.0709. The molecule has 1 amide bonds. The molecule has 0 aliphatic carbocycles. The summed E-state index contributed by atoms with van der Waals surface area (Å²) in [6.07, 6.45) is 6.60. The number of likely N-dealkylation sites (tertiary alicyclic amines) is 1. The molecule has 0 spiro atoms. The van der Waals surface area contributed by atoms with E-state index in [1.165, 1.54) is 4.80 Å². The molecule has 9 heteroatoms. The molecule has 0 bridgehead atoms. The molecular weight excluding hydrogens is 406 g/mol. The van der Waals surface area contributed by atoms with Crippen LogP contribution >= 0.6 is 0 Å². The van der Waals surface area contributed by atoms with Crippen molar-refractivity contribution >= 4 is 5.91 Å². The summed E-state index contributed by atoms with van der Waals surface area (Å²) in [5, 5.41) is 12.5. The summed E-state index contributed by atoms with van der Waals surface area (Å²) >= 11 is 0. The monoisotopic (exact) mass is 429 g/mol. The van der Waals surface area contributed by atoms with Crippen LogP contribution in [-0.4, -0.2) is 47.5 Å². The number of carbonyl (C=O) groups excluding carboxylic acids is 1. The van der Waals surface area contributed by atoms with Gasteiger partial charge in [0.15, 0.2) is 0 Å². The van der Waals surface area contributed by atoms with Gasteiger partial charge in [-0.25, -0.2) is 0 Å². The summed E-state index contributed by atoms with van der Waals surface area (Å²) in [6.45, 7) is 6.60. The van der Waals surface area contributed by atoms with E-state index in [1.54, 1.807) is 23.5 Å². The van der Waals surface area contributed by atoms with Gasteiger partial charge in [0.2, 0.25) is 11.7 Å². The van der Waals surface area contributed by atoms with E-state index in [4.69, 9.17) is 4.52 Å². The van der Waals surface area contributed by atoms with E-state index >= 15 is 0 Å². The van der Waals surface area contributed by atoms with Crippen molar-refractivity contribution in [1.29, 1.82) is 0 Å². The second-order valence-corrected chi connectivity index (χ2v) is 8.11. The standard InChI is InChI=1S/C23H23N7O2/c1-14-6-7-19(30-25-8-9-26-30)17(11-14)23(31)29-10-4-5-20(29)22-27-21(28-32-22)18-12-15(2)16(3)13-24-18/h6-9,11-13,20H,4-5,10H2,1-3H3/t20-/m0/s1. The predicted octanol–water partition coefficient (Wildman–Crippen LogP) is 3.61. The van der Waals surface area contributed by atoms with Crippen LogP contribution in [0.15, 0.2) is 47.4 Å². The largest absolute Gasteiger partial charge is 0.337 e. The van der Waals surface area contributed by atoms with Crippen molar-refractivity contribution in [1.82, 2.24) is 35.0 Å². The van der Waals surface area contributed by atoms with Gasteiger partial charge in [0.1, 0.15) is 11.7 Å². The lowest BCUT2D eigenvalue weighted by Gasteiger charge is -2.23. The fourth-order valence-electron chi connectivity index (χ4n) is 3.98. The quantitative estimate of drug-likeness (QED) is 0.488. The van der Waals surface area contributed by atoms with E-state index in [0.717, 1.165) is 29.5 Å². The zero-order valence-electron chi connectivity index (χ0n) is 18.2. The van der Waals surface area contributed by atoms with Crippen LogP contribution in [0.4, 0.5) is 0 Å². The Morgan fingerprint density at radius 2 is 1.91 bits per heavy atom. The van der Waals surface area contributed by atoms with Crippen molar-refractivity contribution in [3.8, 4) is 17.2 Å². The van der Waals surface area contributed by atoms with Crippen LogP contribution in [0.25, 0.3) is 17.2 Å². The SMILES string of the molecule is Cc1ccc(-n2nccn2)c(C(=O)N2CCC[C@H]2c2nc(-c3cc(C)c(C)cn3)no2)c1. The highest BCUT2D eigenvalue weighted by molar-refractivity contribution is 5.98. The molecule has 9 nitrogen and oxygen atoms in total. The minimum Gasteiger partial charge on any atom is -0.337 e. The van der Waals surface area contributed by atoms with Gasteiger partial charge in [-0.05, 0) is 62.9 Å². The molecule has 1 atom stereocenters. The van der Waals surface area contributed by atoms with E-state index in [-0.39, 0.29) is 11.9 Å². The summed E-state index contributed by atoms with van der Waals surface area (Å²) in [6, 6.07) is 7.34. The first-order chi connectivity index (χ1) is 15.5. The van der Waals surface area contributed by atoms with Gasteiger partial charge in [0, 0.05) is 12.7 Å². The fraction of sp³-hybridized carbons (Fsp3) is 0.304. The molecule has 0 N–H and O–H groups in total. The molecule has 0 radical (unpaired) electrons. The predicted molar refractivity (Wildman–Crippen MR) is 116 cm³/mol. The number of nitrogens with zero attached hydrogens (tertiary/aromatic N) is 7. The molecule has 4 heterocycles. The lowest BCUT2D eigenvalue weighted by Crippen LogP contribution is -2.31. The van der Waals surface area contributed by atoms with Crippen LogP contribution in [0.2, 0.25) is 0 Å². The molecule has 32 heavy (non-hydrogen) atoms. The van der Waals surface area contributed by atoms with Crippen LogP contribution < -0.4 is 0 Å². The lowest BCUT2D eigenvalue weighted by atomic mass is 10.1. The topological polar surface area (TPSA) is 103 Å². The molecule has 1 aliphatic rings. The Morgan fingerprint density at radius 3 is 2.69 bits per heavy atom. The van der Waals surface area contributed by atoms with Crippen molar-refractivity contribution in [3.63, 3.8) is 0 Å². The van der Waals surface area contributed by atoms with Crippen molar-refractivity contribution in [2.75, 3.05) is 6.54 Å². The van der Waals surface area contributed by atoms with Gasteiger partial charge in [-0.15, -0.1) is 0 Å². The Labute approximate surface area is 185 Å². The summed E-state index contributed by atoms with van der Waals surface area (Å²) in [5.41, 5.74) is 5.04. The van der Waals surface area contributed by atoms with Crippen LogP contribution in [0.3, 0.4) is 0 Å². The number of pyridine rings is 1. The number of carbonyl (C=O) groups is 1. The molecule has 0 unspecified atom stereocenters. The summed E-state index contributed by atoms with van der Waals surface area (Å²) in [5.74, 6) is 0.754. The maximum Gasteiger partial charge on any atom is 0.256 e. The number of benzene rings is 1. The van der Waals surface area contributed by atoms with Crippen molar-refractivity contribution in [2.24, 2.45) is 0 Å². The molecule has 1 saturated heterocycles. The normalized spacial score (nSPS) is 16.0. The number of aryl methyl sites for hydroxylation is 3. The molecule has 0 saturated carbocycles. The minimum absolute atomic E-state index is 0.104. The van der Waals surface area contributed by atoms with E-state index in [2.05, 4.69) is 25.3 Å². The Balaban J connectivity index is 1.46. The molecule has 1 aliphatic heterocycles. The molecule has 3 aromatic heterocycles. The second-order valence-electron chi connectivity index (χ2n) is 8.11. The number of hydrogen-bond donors (Lipinski definition) is 0. The molecule has 5 rings (SSSR count). The van der Waals surface area contributed by atoms with Gasteiger partial charge >= 0.3 is 0 Å². The van der Waals surface area contributed by atoms with Crippen molar-refractivity contribution in [3.05, 3.63) is 71.0 Å². The molecule has 4 aromatic rings. The number of hydrogen-bond acceptors (Lipinski definition) is 7. The highest BCUT2D eigenvalue weighted by Gasteiger charge is 2.36. The highest BCUT2D eigenvalue weighted by atomic mass is 16.5. The first kappa shape index (κ1) is 20.0. The van der Waals surface area contributed by atoms with Crippen molar-refractivity contribution in [2.45, 2.75) is 39.7 Å². The van der Waals surface area contributed by atoms with Crippen LogP contribution in [0.5, 0.6) is 0 Å². The molecule has 162 valence electrons. The van der Waals surface area contributed by atoms with Crippen LogP contribution in [0.1, 0.15) is 51.8 Å². The van der Waals surface area contributed by atoms with Crippen LogP contribution in [-0.2, 0) is 0 Å². The average Bonchev–Trinajstić information content (AvgIpc) is 3.55. The Morgan fingerprint density at radius 1 is 1.09 bits per heavy atom. The van der Waals surface area contributed by atoms with Gasteiger partial charge in [0.25, 0.3) is 5.91 Å². The minimum atomic E-state index is -0.283. The summed E-state index contributed by atoms with van der Waals surface area (Å²) in [7, 11) is 0. The number of rotatable bonds is 4. The molecule has 1 aromatic carbocycles. The van der Waals surface area contributed by atoms with E-state index in [9.17, 15) is 4.79 Å². The highest BCUT2D eigenvalue weighted by Crippen LogP contribution is 2.34. The summed E-state index contributed by atoms with van der Waals surface area (Å²) in [4.78, 5) is 25.9. The zero-order valence-corrected chi connectivity index (χ0v) is 18.2. The third kappa shape index (κ3) is 3.55. The molecule has 1 fully saturated rings. The Bertz CT molecular complexity index is 1280.